The molecule has 1 unspecified atom stereocenters. The van der Waals surface area contributed by atoms with Crippen molar-refractivity contribution in [3.05, 3.63) is 41.6 Å². The molecule has 3 aromatic rings. The summed E-state index contributed by atoms with van der Waals surface area (Å²) in [6.07, 6.45) is 1.13. The van der Waals surface area contributed by atoms with Crippen molar-refractivity contribution in [3.8, 4) is 11.3 Å². The highest BCUT2D eigenvalue weighted by Crippen LogP contribution is 2.37. The first kappa shape index (κ1) is 26.8. The number of anilines is 1. The molecule has 1 saturated heterocycles. The van der Waals surface area contributed by atoms with E-state index in [1.165, 1.54) is 12.4 Å². The summed E-state index contributed by atoms with van der Waals surface area (Å²) in [6.45, 7) is 13.7. The maximum absolute atomic E-state index is 13.3. The van der Waals surface area contributed by atoms with Crippen LogP contribution in [0.15, 0.2) is 24.7 Å². The normalized spacial score (nSPS) is 16.7. The Balaban J connectivity index is 1.60. The molecular weight excluding hydrogens is 507 g/mol. The molecule has 4 rings (SSSR count). The Morgan fingerprint density at radius 2 is 1.95 bits per heavy atom. The maximum atomic E-state index is 13.3. The van der Waals surface area contributed by atoms with Gasteiger partial charge >= 0.3 is 6.18 Å². The van der Waals surface area contributed by atoms with Crippen LogP contribution in [0.5, 0.6) is 0 Å². The molecule has 1 fully saturated rings. The van der Waals surface area contributed by atoms with Gasteiger partial charge in [0.1, 0.15) is 5.65 Å². The number of pyridine rings is 1. The first-order valence-electron chi connectivity index (χ1n) is 12.0. The minimum absolute atomic E-state index is 0.0444. The lowest BCUT2D eigenvalue weighted by atomic mass is 9.89. The lowest BCUT2D eigenvalue weighted by Crippen LogP contribution is -2.45. The van der Waals surface area contributed by atoms with Gasteiger partial charge in [0.15, 0.2) is 0 Å². The van der Waals surface area contributed by atoms with Crippen molar-refractivity contribution in [2.24, 2.45) is 5.92 Å². The molecule has 4 heterocycles. The van der Waals surface area contributed by atoms with E-state index in [9.17, 15) is 21.6 Å². The van der Waals surface area contributed by atoms with Gasteiger partial charge in [0.25, 0.3) is 0 Å². The minimum Gasteiger partial charge on any atom is -0.351 e. The van der Waals surface area contributed by atoms with E-state index in [2.05, 4.69) is 30.1 Å². The van der Waals surface area contributed by atoms with Crippen LogP contribution in [-0.2, 0) is 16.2 Å². The number of fused-ring (bicyclic) bond motifs is 1. The van der Waals surface area contributed by atoms with Crippen LogP contribution in [0.2, 0.25) is 0 Å². The van der Waals surface area contributed by atoms with Crippen molar-refractivity contribution in [2.45, 2.75) is 57.5 Å². The fourth-order valence-corrected chi connectivity index (χ4v) is 5.95. The summed E-state index contributed by atoms with van der Waals surface area (Å²) in [4.78, 5) is 19.0. The second kappa shape index (κ2) is 10.3. The molecule has 37 heavy (non-hydrogen) atoms. The van der Waals surface area contributed by atoms with Crippen molar-refractivity contribution < 1.29 is 21.6 Å². The van der Waals surface area contributed by atoms with Gasteiger partial charge < -0.3 is 10.3 Å². The molecule has 1 aliphatic rings. The van der Waals surface area contributed by atoms with Gasteiger partial charge in [0.2, 0.25) is 21.7 Å². The molecule has 0 spiro atoms. The molecule has 198 valence electrons. The number of nitrogens with zero attached hydrogens (tertiary/aromatic N) is 5. The zero-order valence-electron chi connectivity index (χ0n) is 20.7. The molecule has 0 aliphatic carbocycles. The standard InChI is InChI=1S/C24H28F3N7O2S/c1-5-19(15-6-8-34(9-7-15)37(35,36)14(2)3)32-23-31-13-20(28-4)21(33-23)18-12-30-22-17(18)10-16(11-29-22)24(25,26)27/h10-15,19H,5-9H2,1-3H3,(H,29,30)(H,31,32,33). The Morgan fingerprint density at radius 1 is 1.24 bits per heavy atom. The van der Waals surface area contributed by atoms with Crippen LogP contribution in [0.25, 0.3) is 27.1 Å². The number of rotatable bonds is 7. The number of piperidine rings is 1. The van der Waals surface area contributed by atoms with E-state index >= 15 is 0 Å². The van der Waals surface area contributed by atoms with Gasteiger partial charge in [-0.1, -0.05) is 6.92 Å². The van der Waals surface area contributed by atoms with Gasteiger partial charge in [-0.2, -0.15) is 13.2 Å². The van der Waals surface area contributed by atoms with Gasteiger partial charge in [-0.3, -0.25) is 0 Å². The van der Waals surface area contributed by atoms with Gasteiger partial charge in [-0.15, -0.1) is 0 Å². The Hall–Kier alpha value is -3.24. The van der Waals surface area contributed by atoms with Crippen molar-refractivity contribution in [1.29, 1.82) is 0 Å². The molecular formula is C24H28F3N7O2S. The van der Waals surface area contributed by atoms with Crippen LogP contribution in [0.4, 0.5) is 24.8 Å². The molecule has 9 nitrogen and oxygen atoms in total. The number of aromatic nitrogens is 4. The topological polar surface area (TPSA) is 108 Å². The quantitative estimate of drug-likeness (QED) is 0.401. The van der Waals surface area contributed by atoms with E-state index in [0.29, 0.717) is 31.5 Å². The molecule has 0 amide bonds. The van der Waals surface area contributed by atoms with E-state index in [1.54, 1.807) is 18.2 Å². The molecule has 0 saturated carbocycles. The summed E-state index contributed by atoms with van der Waals surface area (Å²) in [6, 6.07) is 0.947. The molecule has 0 aromatic carbocycles. The number of halogens is 3. The third-order valence-corrected chi connectivity index (χ3v) is 9.06. The molecule has 1 atom stereocenters. The largest absolute Gasteiger partial charge is 0.417 e. The number of hydrogen-bond acceptors (Lipinski definition) is 6. The average molecular weight is 536 g/mol. The predicted molar refractivity (Wildman–Crippen MR) is 134 cm³/mol. The summed E-state index contributed by atoms with van der Waals surface area (Å²) in [5.74, 6) is 0.434. The van der Waals surface area contributed by atoms with Gasteiger partial charge in [-0.25, -0.2) is 32.5 Å². The van der Waals surface area contributed by atoms with Crippen LogP contribution >= 0.6 is 0 Å². The molecule has 2 N–H and O–H groups in total. The highest BCUT2D eigenvalue weighted by atomic mass is 32.2. The Morgan fingerprint density at radius 3 is 2.54 bits per heavy atom. The second-order valence-electron chi connectivity index (χ2n) is 9.35. The summed E-state index contributed by atoms with van der Waals surface area (Å²) < 4.78 is 66.4. The Bertz CT molecular complexity index is 1420. The third-order valence-electron chi connectivity index (χ3n) is 6.78. The van der Waals surface area contributed by atoms with E-state index in [-0.39, 0.29) is 40.3 Å². The molecule has 0 bridgehead atoms. The van der Waals surface area contributed by atoms with Crippen molar-refractivity contribution >= 4 is 32.7 Å². The molecule has 1 aliphatic heterocycles. The van der Waals surface area contributed by atoms with E-state index in [1.807, 2.05) is 6.92 Å². The lowest BCUT2D eigenvalue weighted by Gasteiger charge is -2.36. The second-order valence-corrected chi connectivity index (χ2v) is 11.8. The van der Waals surface area contributed by atoms with E-state index in [4.69, 9.17) is 6.57 Å². The number of nitrogens with one attached hydrogen (secondary N) is 2. The SMILES string of the molecule is [C-]#[N+]c1cnc(NC(CC)C2CCN(S(=O)(=O)C(C)C)CC2)nc1-c1c[nH]c2ncc(C(F)(F)F)cc12. The number of aromatic amines is 1. The smallest absolute Gasteiger partial charge is 0.351 e. The summed E-state index contributed by atoms with van der Waals surface area (Å²) >= 11 is 0. The zero-order valence-corrected chi connectivity index (χ0v) is 21.5. The number of hydrogen-bond donors (Lipinski definition) is 2. The van der Waals surface area contributed by atoms with Crippen LogP contribution in [0, 0.1) is 12.5 Å². The van der Waals surface area contributed by atoms with Crippen molar-refractivity contribution in [2.75, 3.05) is 18.4 Å². The molecule has 13 heteroatoms. The van der Waals surface area contributed by atoms with Crippen molar-refractivity contribution in [1.82, 2.24) is 24.2 Å². The average Bonchev–Trinajstić information content (AvgIpc) is 3.30. The number of alkyl halides is 3. The summed E-state index contributed by atoms with van der Waals surface area (Å²) in [7, 11) is -3.30. The van der Waals surface area contributed by atoms with Crippen LogP contribution in [0.3, 0.4) is 0 Å². The van der Waals surface area contributed by atoms with Crippen LogP contribution < -0.4 is 5.32 Å². The summed E-state index contributed by atoms with van der Waals surface area (Å²) in [5, 5.41) is 3.05. The fraction of sp³-hybridized carbons (Fsp3) is 0.500. The van der Waals surface area contributed by atoms with Gasteiger partial charge in [-0.05, 0) is 45.1 Å². The monoisotopic (exact) mass is 535 g/mol. The first-order chi connectivity index (χ1) is 17.5. The highest BCUT2D eigenvalue weighted by molar-refractivity contribution is 7.89. The number of H-pyrrole nitrogens is 1. The third kappa shape index (κ3) is 5.40. The molecule has 0 radical (unpaired) electrons. The van der Waals surface area contributed by atoms with Crippen LogP contribution in [-0.4, -0.2) is 57.0 Å². The van der Waals surface area contributed by atoms with Crippen molar-refractivity contribution in [3.63, 3.8) is 0 Å². The maximum Gasteiger partial charge on any atom is 0.417 e. The zero-order chi connectivity index (χ0) is 27.0. The van der Waals surface area contributed by atoms with Gasteiger partial charge in [0.05, 0.1) is 23.1 Å². The van der Waals surface area contributed by atoms with E-state index < -0.39 is 27.0 Å². The predicted octanol–water partition coefficient (Wildman–Crippen LogP) is 5.23. The Labute approximate surface area is 213 Å². The highest BCUT2D eigenvalue weighted by Gasteiger charge is 2.34. The lowest BCUT2D eigenvalue weighted by molar-refractivity contribution is -0.137. The Kier molecular flexibility index (Phi) is 7.43. The fourth-order valence-electron chi connectivity index (χ4n) is 4.63. The van der Waals surface area contributed by atoms with E-state index in [0.717, 1.165) is 18.7 Å². The van der Waals surface area contributed by atoms with Crippen LogP contribution in [0.1, 0.15) is 45.6 Å². The van der Waals surface area contributed by atoms with Gasteiger partial charge in [0, 0.05) is 48.7 Å². The minimum atomic E-state index is -4.56. The number of sulfonamides is 1. The summed E-state index contributed by atoms with van der Waals surface area (Å²) in [5.41, 5.74) is -0.0157. The first-order valence-corrected chi connectivity index (χ1v) is 13.5. The molecule has 3 aromatic heterocycles.